The standard InChI is InChI=1S/C18H16O2.C14H6Cl2O2/c1-18(2,3)11-8-9-14-15(10-11)17(20)13-7-5-4-6-12(13)16(14)19;15-7-1-3-9-11(5-7)14(18)10-4-2-8(16)6-12(10)13(9)17/h4-10H,1-3H3;1-6H. The molecule has 0 saturated heterocycles. The Kier molecular flexibility index (Phi) is 6.42. The first-order chi connectivity index (χ1) is 18.0. The van der Waals surface area contributed by atoms with Gasteiger partial charge in [0.25, 0.3) is 0 Å². The number of benzene rings is 4. The lowest BCUT2D eigenvalue weighted by Gasteiger charge is -2.23. The Morgan fingerprint density at radius 1 is 0.447 bits per heavy atom. The van der Waals surface area contributed by atoms with E-state index in [1.54, 1.807) is 54.6 Å². The fraction of sp³-hybridized carbons (Fsp3) is 0.125. The number of halogens is 2. The summed E-state index contributed by atoms with van der Waals surface area (Å²) in [5.41, 5.74) is 4.53. The van der Waals surface area contributed by atoms with Gasteiger partial charge >= 0.3 is 0 Å². The second kappa shape index (κ2) is 9.46. The summed E-state index contributed by atoms with van der Waals surface area (Å²) in [5, 5.41) is 0.875. The average molecular weight is 541 g/mol. The van der Waals surface area contributed by atoms with E-state index in [2.05, 4.69) is 20.8 Å². The van der Waals surface area contributed by atoms with E-state index in [9.17, 15) is 19.2 Å². The highest BCUT2D eigenvalue weighted by Crippen LogP contribution is 2.32. The Labute approximate surface area is 230 Å². The Hall–Kier alpha value is -3.86. The normalized spacial score (nSPS) is 13.6. The van der Waals surface area contributed by atoms with Gasteiger partial charge in [-0.15, -0.1) is 0 Å². The van der Waals surface area contributed by atoms with Crippen molar-refractivity contribution in [1.29, 1.82) is 0 Å². The van der Waals surface area contributed by atoms with Crippen LogP contribution in [0.4, 0.5) is 0 Å². The summed E-state index contributed by atoms with van der Waals surface area (Å²) in [4.78, 5) is 49.6. The molecule has 188 valence electrons. The molecule has 0 aromatic heterocycles. The van der Waals surface area contributed by atoms with E-state index in [1.807, 2.05) is 12.1 Å². The summed E-state index contributed by atoms with van der Waals surface area (Å²) < 4.78 is 0. The first kappa shape index (κ1) is 25.8. The van der Waals surface area contributed by atoms with Gasteiger partial charge < -0.3 is 0 Å². The molecule has 6 rings (SSSR count). The van der Waals surface area contributed by atoms with E-state index in [-0.39, 0.29) is 28.5 Å². The Morgan fingerprint density at radius 3 is 1.21 bits per heavy atom. The Morgan fingerprint density at radius 2 is 0.789 bits per heavy atom. The number of fused-ring (bicyclic) bond motifs is 4. The van der Waals surface area contributed by atoms with Crippen LogP contribution in [0, 0.1) is 0 Å². The van der Waals surface area contributed by atoms with E-state index in [4.69, 9.17) is 23.2 Å². The highest BCUT2D eigenvalue weighted by Gasteiger charge is 2.31. The van der Waals surface area contributed by atoms with Crippen LogP contribution in [-0.4, -0.2) is 23.1 Å². The zero-order chi connectivity index (χ0) is 27.4. The van der Waals surface area contributed by atoms with Crippen LogP contribution >= 0.6 is 23.2 Å². The lowest BCUT2D eigenvalue weighted by molar-refractivity contribution is 0.0979. The van der Waals surface area contributed by atoms with Crippen molar-refractivity contribution in [3.63, 3.8) is 0 Å². The Balaban J connectivity index is 0.000000156. The van der Waals surface area contributed by atoms with Crippen molar-refractivity contribution < 1.29 is 19.2 Å². The minimum absolute atomic E-state index is 0.0463. The highest BCUT2D eigenvalue weighted by molar-refractivity contribution is 6.35. The molecule has 0 unspecified atom stereocenters. The zero-order valence-electron chi connectivity index (χ0n) is 20.9. The maximum absolute atomic E-state index is 12.6. The summed E-state index contributed by atoms with van der Waals surface area (Å²) in [6.07, 6.45) is 0. The number of carbonyl (C=O) groups is 4. The van der Waals surface area contributed by atoms with Gasteiger partial charge in [-0.1, -0.05) is 74.3 Å². The Bertz CT molecular complexity index is 1630. The van der Waals surface area contributed by atoms with E-state index < -0.39 is 0 Å². The number of rotatable bonds is 0. The highest BCUT2D eigenvalue weighted by atomic mass is 35.5. The van der Waals surface area contributed by atoms with Crippen LogP contribution in [0.5, 0.6) is 0 Å². The second-order valence-electron chi connectivity index (χ2n) is 10.3. The van der Waals surface area contributed by atoms with Crippen molar-refractivity contribution in [2.75, 3.05) is 0 Å². The predicted octanol–water partition coefficient (Wildman–Crippen LogP) is 7.53. The topological polar surface area (TPSA) is 68.3 Å². The zero-order valence-corrected chi connectivity index (χ0v) is 22.4. The van der Waals surface area contributed by atoms with Crippen molar-refractivity contribution in [3.8, 4) is 0 Å². The molecule has 4 aromatic rings. The van der Waals surface area contributed by atoms with Gasteiger partial charge in [-0.05, 0) is 59.5 Å². The average Bonchev–Trinajstić information content (AvgIpc) is 2.90. The fourth-order valence-corrected chi connectivity index (χ4v) is 5.00. The first-order valence-electron chi connectivity index (χ1n) is 12.0. The molecule has 6 heteroatoms. The van der Waals surface area contributed by atoms with E-state index in [0.29, 0.717) is 54.6 Å². The predicted molar refractivity (Wildman–Crippen MR) is 148 cm³/mol. The molecule has 0 saturated carbocycles. The molecule has 0 bridgehead atoms. The van der Waals surface area contributed by atoms with Crippen molar-refractivity contribution >= 4 is 46.3 Å². The van der Waals surface area contributed by atoms with Gasteiger partial charge in [0.2, 0.25) is 0 Å². The molecule has 38 heavy (non-hydrogen) atoms. The van der Waals surface area contributed by atoms with Gasteiger partial charge in [-0.3, -0.25) is 19.2 Å². The van der Waals surface area contributed by atoms with Gasteiger partial charge in [0, 0.05) is 54.6 Å². The molecule has 0 spiro atoms. The van der Waals surface area contributed by atoms with Crippen molar-refractivity contribution in [2.24, 2.45) is 0 Å². The second-order valence-corrected chi connectivity index (χ2v) is 11.1. The molecule has 4 nitrogen and oxygen atoms in total. The van der Waals surface area contributed by atoms with E-state index >= 15 is 0 Å². The van der Waals surface area contributed by atoms with Gasteiger partial charge in [0.15, 0.2) is 23.1 Å². The molecule has 0 amide bonds. The van der Waals surface area contributed by atoms with Gasteiger partial charge in [-0.25, -0.2) is 0 Å². The number of hydrogen-bond acceptors (Lipinski definition) is 4. The summed E-state index contributed by atoms with van der Waals surface area (Å²) in [5.74, 6) is -0.505. The van der Waals surface area contributed by atoms with Gasteiger partial charge in [0.1, 0.15) is 0 Å². The molecule has 0 N–H and O–H groups in total. The summed E-state index contributed by atoms with van der Waals surface area (Å²) in [6.45, 7) is 6.29. The smallest absolute Gasteiger partial charge is 0.194 e. The number of hydrogen-bond donors (Lipinski definition) is 0. The van der Waals surface area contributed by atoms with Crippen LogP contribution in [0.2, 0.25) is 10.0 Å². The first-order valence-corrected chi connectivity index (χ1v) is 12.7. The number of carbonyl (C=O) groups excluding carboxylic acids is 4. The van der Waals surface area contributed by atoms with Crippen LogP contribution in [0.1, 0.15) is 90.0 Å². The van der Waals surface area contributed by atoms with E-state index in [1.165, 1.54) is 12.1 Å². The summed E-state index contributed by atoms with van der Waals surface area (Å²) >= 11 is 11.7. The maximum atomic E-state index is 12.6. The van der Waals surface area contributed by atoms with Crippen LogP contribution in [-0.2, 0) is 5.41 Å². The molecular weight excluding hydrogens is 519 g/mol. The minimum atomic E-state index is -0.196. The van der Waals surface area contributed by atoms with Crippen LogP contribution in [0.25, 0.3) is 0 Å². The third kappa shape index (κ3) is 4.40. The SMILES string of the molecule is CC(C)(C)c1ccc2c(c1)C(=O)c1ccccc1C2=O.O=C1c2ccc(Cl)cc2C(=O)c2ccc(Cl)cc21. The monoisotopic (exact) mass is 540 g/mol. The van der Waals surface area contributed by atoms with Crippen LogP contribution in [0.3, 0.4) is 0 Å². The van der Waals surface area contributed by atoms with Gasteiger partial charge in [-0.2, -0.15) is 0 Å². The molecule has 0 atom stereocenters. The molecule has 4 aromatic carbocycles. The van der Waals surface area contributed by atoms with Crippen molar-refractivity contribution in [3.05, 3.63) is 139 Å². The number of ketones is 4. The largest absolute Gasteiger partial charge is 0.289 e. The fourth-order valence-electron chi connectivity index (χ4n) is 4.66. The lowest BCUT2D eigenvalue weighted by Crippen LogP contribution is -2.22. The third-order valence-corrected chi connectivity index (χ3v) is 7.20. The summed E-state index contributed by atoms with van der Waals surface area (Å²) in [6, 6.07) is 22.0. The van der Waals surface area contributed by atoms with Crippen molar-refractivity contribution in [1.82, 2.24) is 0 Å². The minimum Gasteiger partial charge on any atom is -0.289 e. The molecular formula is C32H22Cl2O4. The molecule has 0 radical (unpaired) electrons. The molecule has 0 aliphatic heterocycles. The molecule has 2 aliphatic carbocycles. The molecule has 2 aliphatic rings. The van der Waals surface area contributed by atoms with Crippen LogP contribution in [0.15, 0.2) is 78.9 Å². The van der Waals surface area contributed by atoms with Gasteiger partial charge in [0.05, 0.1) is 0 Å². The summed E-state index contributed by atoms with van der Waals surface area (Å²) in [7, 11) is 0. The maximum Gasteiger partial charge on any atom is 0.194 e. The molecule has 0 fully saturated rings. The molecule has 0 heterocycles. The third-order valence-electron chi connectivity index (χ3n) is 6.73. The quantitative estimate of drug-likeness (QED) is 0.199. The van der Waals surface area contributed by atoms with Crippen LogP contribution < -0.4 is 0 Å². The van der Waals surface area contributed by atoms with E-state index in [0.717, 1.165) is 5.56 Å². The lowest BCUT2D eigenvalue weighted by atomic mass is 9.79. The van der Waals surface area contributed by atoms with Crippen molar-refractivity contribution in [2.45, 2.75) is 26.2 Å².